The summed E-state index contributed by atoms with van der Waals surface area (Å²) in [5.74, 6) is -1.48. The molecule has 0 atom stereocenters. The van der Waals surface area contributed by atoms with Gasteiger partial charge >= 0.3 is 12.1 Å². The maximum Gasteiger partial charge on any atom is 0.416 e. The van der Waals surface area contributed by atoms with E-state index in [0.717, 1.165) is 35.9 Å². The van der Waals surface area contributed by atoms with Gasteiger partial charge in [-0.1, -0.05) is 41.9 Å². The van der Waals surface area contributed by atoms with Gasteiger partial charge in [-0.15, -0.1) is 0 Å². The van der Waals surface area contributed by atoms with Gasteiger partial charge in [0.15, 0.2) is 6.61 Å². The van der Waals surface area contributed by atoms with E-state index in [9.17, 15) is 22.8 Å². The molecule has 2 aromatic carbocycles. The van der Waals surface area contributed by atoms with Crippen molar-refractivity contribution in [1.82, 2.24) is 9.78 Å². The minimum Gasteiger partial charge on any atom is -0.452 e. The van der Waals surface area contributed by atoms with Crippen LogP contribution < -0.4 is 5.32 Å². The summed E-state index contributed by atoms with van der Waals surface area (Å²) in [4.78, 5) is 23.9. The zero-order valence-electron chi connectivity index (χ0n) is 17.4. The van der Waals surface area contributed by atoms with Crippen molar-refractivity contribution in [3.8, 4) is 0 Å². The first kappa shape index (κ1) is 24.1. The minimum absolute atomic E-state index is 0.146. The Kier molecular flexibility index (Phi) is 7.55. The Balaban J connectivity index is 1.53. The van der Waals surface area contributed by atoms with E-state index in [0.29, 0.717) is 23.0 Å². The van der Waals surface area contributed by atoms with Crippen molar-refractivity contribution in [2.24, 2.45) is 0 Å². The molecule has 3 rings (SSSR count). The normalized spacial score (nSPS) is 11.5. The number of hydrogen-bond donors (Lipinski definition) is 1. The second kappa shape index (κ2) is 10.4. The number of rotatable bonds is 7. The van der Waals surface area contributed by atoms with Crippen LogP contribution in [0.25, 0.3) is 6.08 Å². The van der Waals surface area contributed by atoms with Gasteiger partial charge in [0.05, 0.1) is 17.8 Å². The van der Waals surface area contributed by atoms with Gasteiger partial charge in [-0.05, 0) is 42.8 Å². The van der Waals surface area contributed by atoms with Crippen molar-refractivity contribution in [3.63, 3.8) is 0 Å². The molecule has 0 spiro atoms. The highest BCUT2D eigenvalue weighted by Crippen LogP contribution is 2.29. The SMILES string of the molecule is Cc1nn(Cc2ccccc2)c(Cl)c1C=CC(=O)OCC(=O)Nc1ccc(C(F)(F)F)cc1. The molecule has 0 aliphatic rings. The third-order valence-corrected chi connectivity index (χ3v) is 4.91. The van der Waals surface area contributed by atoms with Gasteiger partial charge in [0.25, 0.3) is 5.91 Å². The molecule has 0 unspecified atom stereocenters. The van der Waals surface area contributed by atoms with E-state index in [1.165, 1.54) is 6.08 Å². The van der Waals surface area contributed by atoms with Crippen molar-refractivity contribution in [2.75, 3.05) is 11.9 Å². The lowest BCUT2D eigenvalue weighted by Crippen LogP contribution is -2.20. The molecule has 1 aromatic heterocycles. The van der Waals surface area contributed by atoms with Crippen LogP contribution in [0.5, 0.6) is 0 Å². The number of alkyl halides is 3. The summed E-state index contributed by atoms with van der Waals surface area (Å²) < 4.78 is 44.2. The molecular formula is C23H19ClF3N3O3. The first-order chi connectivity index (χ1) is 15.6. The van der Waals surface area contributed by atoms with Crippen LogP contribution in [0.1, 0.15) is 22.4 Å². The number of esters is 1. The molecular weight excluding hydrogens is 459 g/mol. The number of aromatic nitrogens is 2. The van der Waals surface area contributed by atoms with Crippen LogP contribution in [0.15, 0.2) is 60.7 Å². The van der Waals surface area contributed by atoms with E-state index in [1.807, 2.05) is 30.3 Å². The molecule has 33 heavy (non-hydrogen) atoms. The van der Waals surface area contributed by atoms with Crippen molar-refractivity contribution in [1.29, 1.82) is 0 Å². The molecule has 0 aliphatic heterocycles. The fraction of sp³-hybridized carbons (Fsp3) is 0.174. The van der Waals surface area contributed by atoms with E-state index in [1.54, 1.807) is 11.6 Å². The molecule has 6 nitrogen and oxygen atoms in total. The van der Waals surface area contributed by atoms with E-state index in [4.69, 9.17) is 16.3 Å². The smallest absolute Gasteiger partial charge is 0.416 e. The first-order valence-electron chi connectivity index (χ1n) is 9.72. The molecule has 0 radical (unpaired) electrons. The molecule has 172 valence electrons. The van der Waals surface area contributed by atoms with Crippen LogP contribution in [0, 0.1) is 6.92 Å². The summed E-state index contributed by atoms with van der Waals surface area (Å²) in [6, 6.07) is 13.5. The van der Waals surface area contributed by atoms with E-state index >= 15 is 0 Å². The third-order valence-electron chi connectivity index (χ3n) is 4.51. The van der Waals surface area contributed by atoms with Gasteiger partial charge in [0, 0.05) is 17.3 Å². The predicted molar refractivity (Wildman–Crippen MR) is 118 cm³/mol. The van der Waals surface area contributed by atoms with E-state index < -0.39 is 30.2 Å². The molecule has 0 fully saturated rings. The Labute approximate surface area is 192 Å². The first-order valence-corrected chi connectivity index (χ1v) is 10.1. The van der Waals surface area contributed by atoms with Gasteiger partial charge in [0.2, 0.25) is 0 Å². The second-order valence-corrected chi connectivity index (χ2v) is 7.36. The van der Waals surface area contributed by atoms with Crippen molar-refractivity contribution in [2.45, 2.75) is 19.6 Å². The highest BCUT2D eigenvalue weighted by molar-refractivity contribution is 6.31. The van der Waals surface area contributed by atoms with Gasteiger partial charge in [-0.2, -0.15) is 18.3 Å². The highest BCUT2D eigenvalue weighted by atomic mass is 35.5. The van der Waals surface area contributed by atoms with Crippen LogP contribution in [-0.4, -0.2) is 28.3 Å². The molecule has 1 amide bonds. The quantitative estimate of drug-likeness (QED) is 0.379. The van der Waals surface area contributed by atoms with E-state index in [2.05, 4.69) is 10.4 Å². The number of anilines is 1. The Hall–Kier alpha value is -3.59. The Morgan fingerprint density at radius 1 is 1.12 bits per heavy atom. The van der Waals surface area contributed by atoms with Crippen molar-refractivity contribution in [3.05, 3.63) is 88.2 Å². The van der Waals surface area contributed by atoms with Crippen LogP contribution in [0.4, 0.5) is 18.9 Å². The Morgan fingerprint density at radius 2 is 1.79 bits per heavy atom. The number of carbonyl (C=O) groups excluding carboxylic acids is 2. The van der Waals surface area contributed by atoms with Gasteiger partial charge in [-0.25, -0.2) is 9.48 Å². The number of amides is 1. The fourth-order valence-corrected chi connectivity index (χ4v) is 3.19. The topological polar surface area (TPSA) is 73.2 Å². The highest BCUT2D eigenvalue weighted by Gasteiger charge is 2.30. The predicted octanol–water partition coefficient (Wildman–Crippen LogP) is 5.11. The molecule has 3 aromatic rings. The molecule has 0 aliphatic carbocycles. The fourth-order valence-electron chi connectivity index (χ4n) is 2.89. The summed E-state index contributed by atoms with van der Waals surface area (Å²) in [7, 11) is 0. The Morgan fingerprint density at radius 3 is 2.42 bits per heavy atom. The lowest BCUT2D eigenvalue weighted by atomic mass is 10.2. The van der Waals surface area contributed by atoms with Crippen LogP contribution in [-0.2, 0) is 27.0 Å². The number of benzene rings is 2. The van der Waals surface area contributed by atoms with Crippen LogP contribution in [0.2, 0.25) is 5.15 Å². The van der Waals surface area contributed by atoms with Crippen LogP contribution >= 0.6 is 11.6 Å². The molecule has 1 N–H and O–H groups in total. The maximum absolute atomic E-state index is 12.6. The maximum atomic E-state index is 12.6. The van der Waals surface area contributed by atoms with Gasteiger partial charge < -0.3 is 10.1 Å². The van der Waals surface area contributed by atoms with Gasteiger partial charge in [-0.3, -0.25) is 4.79 Å². The third kappa shape index (κ3) is 6.69. The lowest BCUT2D eigenvalue weighted by molar-refractivity contribution is -0.142. The average molecular weight is 478 g/mol. The molecule has 0 saturated heterocycles. The molecule has 0 saturated carbocycles. The van der Waals surface area contributed by atoms with Crippen molar-refractivity contribution < 1.29 is 27.5 Å². The number of hydrogen-bond acceptors (Lipinski definition) is 4. The van der Waals surface area contributed by atoms with E-state index in [-0.39, 0.29) is 5.69 Å². The number of ether oxygens (including phenoxy) is 1. The molecule has 1 heterocycles. The summed E-state index contributed by atoms with van der Waals surface area (Å²) in [6.45, 7) is 1.60. The summed E-state index contributed by atoms with van der Waals surface area (Å²) in [6.07, 6.45) is -1.90. The lowest BCUT2D eigenvalue weighted by Gasteiger charge is -2.08. The van der Waals surface area contributed by atoms with Crippen molar-refractivity contribution >= 4 is 35.2 Å². The molecule has 0 bridgehead atoms. The average Bonchev–Trinajstić information content (AvgIpc) is 3.03. The standard InChI is InChI=1S/C23H19ClF3N3O3/c1-15-19(22(24)30(29-15)13-16-5-3-2-4-6-16)11-12-21(32)33-14-20(31)28-18-9-7-17(8-10-18)23(25,26)27/h2-12H,13-14H2,1H3,(H,28,31). The number of nitrogens with one attached hydrogen (secondary N) is 1. The van der Waals surface area contributed by atoms with Gasteiger partial charge in [0.1, 0.15) is 5.15 Å². The summed E-state index contributed by atoms with van der Waals surface area (Å²) in [5.41, 5.74) is 1.47. The number of halogens is 4. The van der Waals surface area contributed by atoms with Crippen LogP contribution in [0.3, 0.4) is 0 Å². The number of nitrogens with zero attached hydrogens (tertiary/aromatic N) is 2. The summed E-state index contributed by atoms with van der Waals surface area (Å²) >= 11 is 6.38. The second-order valence-electron chi connectivity index (χ2n) is 7.00. The number of aryl methyl sites for hydroxylation is 1. The summed E-state index contributed by atoms with van der Waals surface area (Å²) in [5, 5.41) is 7.07. The largest absolute Gasteiger partial charge is 0.452 e. The zero-order valence-corrected chi connectivity index (χ0v) is 18.2. The monoisotopic (exact) mass is 477 g/mol. The molecule has 10 heteroatoms. The minimum atomic E-state index is -4.47. The zero-order chi connectivity index (χ0) is 24.0. The Bertz CT molecular complexity index is 1160. The number of carbonyl (C=O) groups is 2.